The number of carboxylic acid groups (broad SMARTS) is 1. The summed E-state index contributed by atoms with van der Waals surface area (Å²) in [7, 11) is -5.01. The number of amides is 2. The van der Waals surface area contributed by atoms with Gasteiger partial charge in [0.15, 0.2) is 5.71 Å². The fraction of sp³-hybridized carbons (Fsp3) is 0.500. The van der Waals surface area contributed by atoms with Crippen LogP contribution in [-0.2, 0) is 40.3 Å². The standard InChI is InChI=1S/C28H35N7O10S2/c1-14-31-17(13-46-14)20(24(36)32-22-25(37)35(27(22,2)3)45-47(40,41)42)34-44-21(26(38)39)19-7-4-15-12-16(5-6-18(15)43-19)23(30)33-28(8-9-28)10-11-29/h5-6,12-13,19,21-22H,4,7-11,29H2,1-3H3,(H2,30,33)(H,32,36)(H,38,39)(H,40,41,42)/b34-20-/t19-,21+,22-/m1/s1. The average Bonchev–Trinajstić information content (AvgIpc) is 3.62. The van der Waals surface area contributed by atoms with Crippen LogP contribution in [0.1, 0.15) is 61.4 Å². The molecule has 3 aliphatic rings. The number of oxime groups is 1. The minimum atomic E-state index is -5.01. The van der Waals surface area contributed by atoms with Gasteiger partial charge in [0, 0.05) is 10.9 Å². The quantitative estimate of drug-likeness (QED) is 0.0628. The van der Waals surface area contributed by atoms with Gasteiger partial charge >= 0.3 is 16.4 Å². The molecule has 0 bridgehead atoms. The summed E-state index contributed by atoms with van der Waals surface area (Å²) in [5, 5.41) is 18.8. The zero-order valence-electron chi connectivity index (χ0n) is 25.7. The highest BCUT2D eigenvalue weighted by Crippen LogP contribution is 2.43. The number of nitrogens with two attached hydrogens (primary N) is 2. The van der Waals surface area contributed by atoms with Crippen molar-refractivity contribution in [2.24, 2.45) is 21.6 Å². The number of fused-ring (bicyclic) bond motifs is 1. The Kier molecular flexibility index (Phi) is 9.30. The molecule has 3 atom stereocenters. The van der Waals surface area contributed by atoms with Crippen molar-refractivity contribution in [3.63, 3.8) is 0 Å². The number of β-lactam (4-membered cyclic amide) rings is 1. The van der Waals surface area contributed by atoms with Crippen LogP contribution in [-0.4, -0.2) is 93.3 Å². The minimum Gasteiger partial charge on any atom is -0.485 e. The summed E-state index contributed by atoms with van der Waals surface area (Å²) in [5.74, 6) is -2.48. The van der Waals surface area contributed by atoms with Crippen molar-refractivity contribution < 1.29 is 46.3 Å². The van der Waals surface area contributed by atoms with Crippen molar-refractivity contribution in [2.75, 3.05) is 6.54 Å². The maximum Gasteiger partial charge on any atom is 0.418 e. The highest BCUT2D eigenvalue weighted by Gasteiger charge is 2.58. The normalized spacial score (nSPS) is 22.4. The molecule has 0 spiro atoms. The number of nitrogens with zero attached hydrogens (tertiary/aromatic N) is 4. The highest BCUT2D eigenvalue weighted by molar-refractivity contribution is 7.80. The number of aliphatic carboxylic acids is 1. The van der Waals surface area contributed by atoms with Gasteiger partial charge in [-0.25, -0.2) is 9.78 Å². The first kappa shape index (κ1) is 34.2. The lowest BCUT2D eigenvalue weighted by molar-refractivity contribution is -0.218. The molecule has 7 N–H and O–H groups in total. The van der Waals surface area contributed by atoms with E-state index in [1.54, 1.807) is 19.1 Å². The summed E-state index contributed by atoms with van der Waals surface area (Å²) in [6, 6.07) is 3.99. The summed E-state index contributed by atoms with van der Waals surface area (Å²) in [4.78, 5) is 52.6. The number of aliphatic imine (C=N–C) groups is 1. The van der Waals surface area contributed by atoms with Crippen molar-refractivity contribution in [2.45, 2.75) is 82.2 Å². The van der Waals surface area contributed by atoms with Crippen LogP contribution < -0.4 is 21.5 Å². The summed E-state index contributed by atoms with van der Waals surface area (Å²) < 4.78 is 41.6. The molecule has 47 heavy (non-hydrogen) atoms. The van der Waals surface area contributed by atoms with Gasteiger partial charge in [-0.1, -0.05) is 5.16 Å². The third-order valence-electron chi connectivity index (χ3n) is 8.16. The van der Waals surface area contributed by atoms with Crippen molar-refractivity contribution in [3.05, 3.63) is 45.4 Å². The third-order valence-corrected chi connectivity index (χ3v) is 9.27. The van der Waals surface area contributed by atoms with Crippen LogP contribution >= 0.6 is 11.3 Å². The maximum absolute atomic E-state index is 13.4. The Hall–Kier alpha value is -4.17. The average molecular weight is 694 g/mol. The van der Waals surface area contributed by atoms with Crippen molar-refractivity contribution >= 4 is 51.1 Å². The highest BCUT2D eigenvalue weighted by atomic mass is 32.3. The molecule has 2 aliphatic heterocycles. The molecule has 1 aromatic carbocycles. The predicted octanol–water partition coefficient (Wildman–Crippen LogP) is 0.446. The van der Waals surface area contributed by atoms with E-state index in [1.165, 1.54) is 30.6 Å². The topological polar surface area (TPSA) is 258 Å². The maximum atomic E-state index is 13.4. The number of hydrogen-bond acceptors (Lipinski definition) is 13. The van der Waals surface area contributed by atoms with E-state index >= 15 is 0 Å². The Morgan fingerprint density at radius 2 is 2.04 bits per heavy atom. The lowest BCUT2D eigenvalue weighted by atomic mass is 9.84. The summed E-state index contributed by atoms with van der Waals surface area (Å²) >= 11 is 1.19. The molecule has 2 fully saturated rings. The lowest BCUT2D eigenvalue weighted by Gasteiger charge is -2.50. The zero-order valence-corrected chi connectivity index (χ0v) is 27.3. The number of carbonyl (C=O) groups is 3. The minimum absolute atomic E-state index is 0.0471. The Labute approximate surface area is 273 Å². The van der Waals surface area contributed by atoms with Gasteiger partial charge in [-0.05, 0) is 83.2 Å². The number of rotatable bonds is 13. The van der Waals surface area contributed by atoms with Crippen LogP contribution in [0.2, 0.25) is 0 Å². The fourth-order valence-corrected chi connectivity index (χ4v) is 6.46. The lowest BCUT2D eigenvalue weighted by Crippen LogP contribution is -2.76. The van der Waals surface area contributed by atoms with Gasteiger partial charge < -0.3 is 31.5 Å². The first-order chi connectivity index (χ1) is 22.0. The van der Waals surface area contributed by atoms with Crippen molar-refractivity contribution in [1.29, 1.82) is 0 Å². The Bertz CT molecular complexity index is 1750. The van der Waals surface area contributed by atoms with Gasteiger partial charge in [-0.15, -0.1) is 15.6 Å². The number of hydroxylamine groups is 2. The van der Waals surface area contributed by atoms with Gasteiger partial charge in [0.2, 0.25) is 0 Å². The molecule has 19 heteroatoms. The van der Waals surface area contributed by atoms with Crippen LogP contribution in [0.25, 0.3) is 0 Å². The number of amidine groups is 1. The van der Waals surface area contributed by atoms with Crippen LogP contribution in [0.3, 0.4) is 0 Å². The number of aryl methyl sites for hydroxylation is 2. The number of carboxylic acids is 1. The van der Waals surface area contributed by atoms with Crippen LogP contribution in [0.5, 0.6) is 5.75 Å². The number of ether oxygens (including phenoxy) is 1. The van der Waals surface area contributed by atoms with E-state index in [2.05, 4.69) is 19.7 Å². The molecule has 5 rings (SSSR count). The summed E-state index contributed by atoms with van der Waals surface area (Å²) in [5.41, 5.74) is 11.6. The molecule has 2 amide bonds. The second-order valence-corrected chi connectivity index (χ2v) is 14.1. The molecule has 254 valence electrons. The van der Waals surface area contributed by atoms with E-state index < -0.39 is 57.7 Å². The molecule has 0 radical (unpaired) electrons. The fourth-order valence-electron chi connectivity index (χ4n) is 5.41. The number of thiazole rings is 1. The van der Waals surface area contributed by atoms with Gasteiger partial charge in [0.05, 0.1) is 16.1 Å². The molecule has 1 aliphatic carbocycles. The SMILES string of the molecule is Cc1nc(/C(=N/O[C@H](C(=O)O)[C@H]2CCc3cc(C(N)=NC4(CCN)CC4)ccc3O2)C(=O)N[C@@H]2C(=O)N(OS(=O)(=O)O)C2(C)C)cs1. The predicted molar refractivity (Wildman–Crippen MR) is 167 cm³/mol. The van der Waals surface area contributed by atoms with Gasteiger partial charge in [0.1, 0.15) is 29.4 Å². The number of carbonyl (C=O) groups excluding carboxylic acids is 2. The number of hydrogen-bond donors (Lipinski definition) is 5. The zero-order chi connectivity index (χ0) is 34.3. The van der Waals surface area contributed by atoms with E-state index in [9.17, 15) is 27.9 Å². The Morgan fingerprint density at radius 1 is 1.32 bits per heavy atom. The second-order valence-electron chi connectivity index (χ2n) is 12.0. The molecule has 3 heterocycles. The Morgan fingerprint density at radius 3 is 2.62 bits per heavy atom. The number of aromatic nitrogens is 1. The van der Waals surface area contributed by atoms with Gasteiger partial charge in [-0.2, -0.15) is 13.5 Å². The summed E-state index contributed by atoms with van der Waals surface area (Å²) in [6.07, 6.45) is 0.686. The molecule has 0 unspecified atom stereocenters. The van der Waals surface area contributed by atoms with Crippen LogP contribution in [0.15, 0.2) is 33.7 Å². The summed E-state index contributed by atoms with van der Waals surface area (Å²) in [6.45, 7) is 4.98. The monoisotopic (exact) mass is 693 g/mol. The van der Waals surface area contributed by atoms with Crippen LogP contribution in [0, 0.1) is 6.92 Å². The Balaban J connectivity index is 1.32. The largest absolute Gasteiger partial charge is 0.485 e. The van der Waals surface area contributed by atoms with E-state index in [0.717, 1.165) is 30.4 Å². The smallest absolute Gasteiger partial charge is 0.418 e. The van der Waals surface area contributed by atoms with Crippen LogP contribution in [0.4, 0.5) is 0 Å². The van der Waals surface area contributed by atoms with Crippen molar-refractivity contribution in [3.8, 4) is 5.75 Å². The van der Waals surface area contributed by atoms with Crippen molar-refractivity contribution in [1.82, 2.24) is 15.4 Å². The number of nitrogens with one attached hydrogen (secondary N) is 1. The van der Waals surface area contributed by atoms with E-state index in [-0.39, 0.29) is 17.7 Å². The molecule has 17 nitrogen and oxygen atoms in total. The van der Waals surface area contributed by atoms with Gasteiger partial charge in [-0.3, -0.25) is 19.1 Å². The third kappa shape index (κ3) is 7.38. The first-order valence-electron chi connectivity index (χ1n) is 14.6. The molecule has 1 aromatic heterocycles. The van der Waals surface area contributed by atoms with E-state index in [4.69, 9.17) is 30.6 Å². The molecule has 1 saturated heterocycles. The van der Waals surface area contributed by atoms with Gasteiger partial charge in [0.25, 0.3) is 17.9 Å². The molecule has 1 saturated carbocycles. The van der Waals surface area contributed by atoms with E-state index in [0.29, 0.717) is 34.6 Å². The first-order valence-corrected chi connectivity index (χ1v) is 16.8. The number of benzene rings is 1. The van der Waals surface area contributed by atoms with E-state index in [1.807, 2.05) is 6.07 Å². The molecular weight excluding hydrogens is 658 g/mol. The second kappa shape index (κ2) is 12.8. The molecule has 2 aromatic rings. The molecular formula is C28H35N7O10S2.